The molecule has 2 atom stereocenters. The largest absolute Gasteiger partial charge is 0.345 e. The predicted molar refractivity (Wildman–Crippen MR) is 155 cm³/mol. The van der Waals surface area contributed by atoms with E-state index in [-0.39, 0.29) is 35.7 Å². The minimum Gasteiger partial charge on any atom is -0.345 e. The van der Waals surface area contributed by atoms with Crippen LogP contribution in [0.15, 0.2) is 53.0 Å². The standard InChI is InChI=1S/C28H35BrN4O4Si/c1-5-23(24(34)25(35)30-17-21-12-11-19(4)22(29)15-21)32-26(36)28(38,14-13-18(2)3)33-27(37)31-16-20-9-7-6-8-10-20/h6-12,15,18,23H,5,16-17H2,1-4,38H3,(H,30,35)(H,32,36)(H2,31,33,37)/t23?,28-/m0/s1. The van der Waals surface area contributed by atoms with E-state index in [4.69, 9.17) is 0 Å². The van der Waals surface area contributed by atoms with Gasteiger partial charge in [0, 0.05) is 23.5 Å². The van der Waals surface area contributed by atoms with Gasteiger partial charge in [-0.25, -0.2) is 4.79 Å². The predicted octanol–water partition coefficient (Wildman–Crippen LogP) is 2.06. The van der Waals surface area contributed by atoms with E-state index in [0.29, 0.717) is 0 Å². The van der Waals surface area contributed by atoms with Gasteiger partial charge in [0.2, 0.25) is 5.78 Å². The molecule has 0 bridgehead atoms. The maximum Gasteiger partial charge on any atom is 0.316 e. The van der Waals surface area contributed by atoms with Gasteiger partial charge in [0.05, 0.1) is 16.3 Å². The molecule has 0 saturated heterocycles. The molecule has 0 aliphatic carbocycles. The quantitative estimate of drug-likeness (QED) is 0.190. The Bertz CT molecular complexity index is 1230. The highest BCUT2D eigenvalue weighted by molar-refractivity contribution is 9.10. The van der Waals surface area contributed by atoms with Crippen molar-refractivity contribution in [2.24, 2.45) is 5.92 Å². The van der Waals surface area contributed by atoms with Crippen molar-refractivity contribution in [1.29, 1.82) is 0 Å². The van der Waals surface area contributed by atoms with Crippen molar-refractivity contribution >= 4 is 49.8 Å². The normalized spacial score (nSPS) is 12.9. The molecule has 8 nitrogen and oxygen atoms in total. The van der Waals surface area contributed by atoms with Crippen LogP contribution in [0, 0.1) is 24.7 Å². The van der Waals surface area contributed by atoms with Gasteiger partial charge in [-0.1, -0.05) is 91.0 Å². The van der Waals surface area contributed by atoms with Crippen LogP contribution in [0.5, 0.6) is 0 Å². The Morgan fingerprint density at radius 3 is 2.26 bits per heavy atom. The topological polar surface area (TPSA) is 116 Å². The fourth-order valence-electron chi connectivity index (χ4n) is 3.31. The monoisotopic (exact) mass is 598 g/mol. The van der Waals surface area contributed by atoms with Crippen molar-refractivity contribution in [3.63, 3.8) is 0 Å². The minimum absolute atomic E-state index is 0.0403. The smallest absolute Gasteiger partial charge is 0.316 e. The third-order valence-corrected chi connectivity index (χ3v) is 7.48. The summed E-state index contributed by atoms with van der Waals surface area (Å²) in [5.41, 5.74) is 2.79. The maximum absolute atomic E-state index is 13.3. The first-order chi connectivity index (χ1) is 17.9. The second-order valence-electron chi connectivity index (χ2n) is 9.41. The van der Waals surface area contributed by atoms with E-state index in [9.17, 15) is 19.2 Å². The number of carbonyl (C=O) groups is 4. The number of urea groups is 1. The molecule has 0 radical (unpaired) electrons. The van der Waals surface area contributed by atoms with Gasteiger partial charge < -0.3 is 21.3 Å². The third kappa shape index (κ3) is 9.47. The Balaban J connectivity index is 2.07. The Hall–Kier alpha value is -3.42. The number of amides is 4. The Morgan fingerprint density at radius 1 is 1.00 bits per heavy atom. The molecule has 38 heavy (non-hydrogen) atoms. The first-order valence-corrected chi connectivity index (χ1v) is 14.2. The summed E-state index contributed by atoms with van der Waals surface area (Å²) in [6.07, 6.45) is 0.198. The van der Waals surface area contributed by atoms with E-state index in [1.165, 1.54) is 0 Å². The number of hydrogen-bond acceptors (Lipinski definition) is 4. The summed E-state index contributed by atoms with van der Waals surface area (Å²) >= 11 is 3.45. The van der Waals surface area contributed by atoms with E-state index < -0.39 is 34.8 Å². The summed E-state index contributed by atoms with van der Waals surface area (Å²) in [7, 11) is 0.142. The molecular weight excluding hydrogens is 564 g/mol. The number of carbonyl (C=O) groups excluding carboxylic acids is 4. The van der Waals surface area contributed by atoms with Gasteiger partial charge in [-0.15, -0.1) is 0 Å². The Kier molecular flexibility index (Phi) is 11.8. The number of rotatable bonds is 10. The molecule has 0 heterocycles. The molecule has 4 amide bonds. The van der Waals surface area contributed by atoms with Crippen LogP contribution >= 0.6 is 15.9 Å². The molecule has 2 aromatic rings. The van der Waals surface area contributed by atoms with Gasteiger partial charge in [0.15, 0.2) is 5.16 Å². The highest BCUT2D eigenvalue weighted by Crippen LogP contribution is 2.17. The van der Waals surface area contributed by atoms with Crippen LogP contribution in [-0.4, -0.2) is 45.1 Å². The number of aryl methyl sites for hydroxylation is 1. The van der Waals surface area contributed by atoms with Crippen LogP contribution in [0.25, 0.3) is 0 Å². The highest BCUT2D eigenvalue weighted by Gasteiger charge is 2.36. The molecular formula is C28H35BrN4O4Si. The molecule has 0 saturated carbocycles. The van der Waals surface area contributed by atoms with E-state index >= 15 is 0 Å². The van der Waals surface area contributed by atoms with Gasteiger partial charge in [-0.2, -0.15) is 0 Å². The summed E-state index contributed by atoms with van der Waals surface area (Å²) in [6.45, 7) is 7.84. The minimum atomic E-state index is -1.50. The molecule has 2 aromatic carbocycles. The van der Waals surface area contributed by atoms with Crippen LogP contribution in [0.3, 0.4) is 0 Å². The van der Waals surface area contributed by atoms with Crippen LogP contribution in [0.4, 0.5) is 4.79 Å². The van der Waals surface area contributed by atoms with Crippen LogP contribution in [0.2, 0.25) is 0 Å². The molecule has 0 aliphatic heterocycles. The molecule has 1 unspecified atom stereocenters. The van der Waals surface area contributed by atoms with Crippen LogP contribution in [-0.2, 0) is 27.5 Å². The van der Waals surface area contributed by atoms with Crippen molar-refractivity contribution in [2.45, 2.75) is 58.4 Å². The SMILES string of the molecule is CCC(NC(=O)[C@@]([SiH3])(C#CC(C)C)NC(=O)NCc1ccccc1)C(=O)C(=O)NCc1ccc(C)c(Br)c1. The zero-order valence-electron chi connectivity index (χ0n) is 22.4. The van der Waals surface area contributed by atoms with E-state index in [1.807, 2.05) is 69.3 Å². The lowest BCUT2D eigenvalue weighted by Crippen LogP contribution is -2.63. The number of nitrogens with one attached hydrogen (secondary N) is 4. The van der Waals surface area contributed by atoms with Crippen molar-refractivity contribution < 1.29 is 19.2 Å². The number of ketones is 1. The summed E-state index contributed by atoms with van der Waals surface area (Å²) in [4.78, 5) is 51.4. The molecule has 0 spiro atoms. The Labute approximate surface area is 235 Å². The van der Waals surface area contributed by atoms with E-state index in [0.717, 1.165) is 21.2 Å². The van der Waals surface area contributed by atoms with Gasteiger partial charge >= 0.3 is 6.03 Å². The Morgan fingerprint density at radius 2 is 1.66 bits per heavy atom. The van der Waals surface area contributed by atoms with Crippen molar-refractivity contribution in [3.8, 4) is 11.8 Å². The number of halogens is 1. The average molecular weight is 600 g/mol. The van der Waals surface area contributed by atoms with E-state index in [1.54, 1.807) is 6.92 Å². The number of Topliss-reactive ketones (excluding diaryl/α,β-unsaturated/α-hetero) is 1. The zero-order valence-corrected chi connectivity index (χ0v) is 26.0. The maximum atomic E-state index is 13.3. The van der Waals surface area contributed by atoms with Gasteiger partial charge in [0.1, 0.15) is 0 Å². The van der Waals surface area contributed by atoms with Crippen molar-refractivity contribution in [2.75, 3.05) is 0 Å². The second kappa shape index (κ2) is 14.5. The number of hydrogen-bond donors (Lipinski definition) is 4. The van der Waals surface area contributed by atoms with Gasteiger partial charge in [-0.05, 0) is 36.1 Å². The number of benzene rings is 2. The second-order valence-corrected chi connectivity index (χ2v) is 11.8. The molecule has 10 heteroatoms. The summed E-state index contributed by atoms with van der Waals surface area (Å²) in [5.74, 6) is 3.62. The lowest BCUT2D eigenvalue weighted by molar-refractivity contribution is -0.140. The first-order valence-electron chi connectivity index (χ1n) is 12.5. The molecule has 4 N–H and O–H groups in total. The van der Waals surface area contributed by atoms with Crippen LogP contribution in [0.1, 0.15) is 43.9 Å². The van der Waals surface area contributed by atoms with E-state index in [2.05, 4.69) is 49.0 Å². The summed E-state index contributed by atoms with van der Waals surface area (Å²) in [5, 5.41) is 9.18. The fraction of sp³-hybridized carbons (Fsp3) is 0.357. The molecule has 0 aliphatic rings. The van der Waals surface area contributed by atoms with Crippen molar-refractivity contribution in [1.82, 2.24) is 21.3 Å². The summed E-state index contributed by atoms with van der Waals surface area (Å²) < 4.78 is 0.903. The summed E-state index contributed by atoms with van der Waals surface area (Å²) in [6, 6.07) is 13.4. The third-order valence-electron chi connectivity index (χ3n) is 5.67. The molecule has 0 fully saturated rings. The van der Waals surface area contributed by atoms with Gasteiger partial charge in [0.25, 0.3) is 11.8 Å². The zero-order chi connectivity index (χ0) is 28.3. The lowest BCUT2D eigenvalue weighted by Gasteiger charge is -2.27. The average Bonchev–Trinajstić information content (AvgIpc) is 2.89. The highest BCUT2D eigenvalue weighted by atomic mass is 79.9. The van der Waals surface area contributed by atoms with Gasteiger partial charge in [-0.3, -0.25) is 14.4 Å². The van der Waals surface area contributed by atoms with Crippen LogP contribution < -0.4 is 21.3 Å². The lowest BCUT2D eigenvalue weighted by atomic mass is 10.1. The molecule has 202 valence electrons. The first kappa shape index (κ1) is 30.8. The molecule has 2 rings (SSSR count). The van der Waals surface area contributed by atoms with Crippen molar-refractivity contribution in [3.05, 3.63) is 69.7 Å². The molecule has 0 aromatic heterocycles. The fourth-order valence-corrected chi connectivity index (χ4v) is 4.25.